The molecular formula is C15H20FNO3S. The maximum atomic E-state index is 13.2. The van der Waals surface area contributed by atoms with Crippen LogP contribution in [0.25, 0.3) is 0 Å². The van der Waals surface area contributed by atoms with Gasteiger partial charge in [-0.25, -0.2) is 17.5 Å². The average Bonchev–Trinajstić information content (AvgIpc) is 3.17. The van der Waals surface area contributed by atoms with E-state index in [1.807, 2.05) is 13.0 Å². The van der Waals surface area contributed by atoms with Crippen molar-refractivity contribution in [1.29, 1.82) is 0 Å². The molecule has 21 heavy (non-hydrogen) atoms. The number of benzene rings is 1. The molecule has 4 unspecified atom stereocenters. The Hall–Kier alpha value is -0.980. The molecule has 1 aromatic carbocycles. The third-order valence-corrected chi connectivity index (χ3v) is 6.20. The van der Waals surface area contributed by atoms with E-state index in [4.69, 9.17) is 4.74 Å². The van der Waals surface area contributed by atoms with Gasteiger partial charge in [-0.05, 0) is 43.9 Å². The Bertz CT molecular complexity index is 619. The SMILES string of the molecule is CC1CC(S(=O)(=O)NC2CC2c2cccc(F)c2)CCO1. The molecule has 2 fully saturated rings. The highest BCUT2D eigenvalue weighted by molar-refractivity contribution is 7.90. The van der Waals surface area contributed by atoms with E-state index in [-0.39, 0.29) is 29.1 Å². The zero-order valence-electron chi connectivity index (χ0n) is 12.0. The molecule has 0 spiro atoms. The molecule has 6 heteroatoms. The van der Waals surface area contributed by atoms with Crippen molar-refractivity contribution in [2.45, 2.75) is 49.5 Å². The second-order valence-electron chi connectivity index (χ2n) is 5.99. The van der Waals surface area contributed by atoms with Crippen molar-refractivity contribution < 1.29 is 17.5 Å². The van der Waals surface area contributed by atoms with Crippen molar-refractivity contribution in [3.05, 3.63) is 35.6 Å². The zero-order chi connectivity index (χ0) is 15.0. The van der Waals surface area contributed by atoms with Crippen LogP contribution in [0.2, 0.25) is 0 Å². The van der Waals surface area contributed by atoms with E-state index in [2.05, 4.69) is 4.72 Å². The fourth-order valence-corrected chi connectivity index (χ4v) is 4.78. The van der Waals surface area contributed by atoms with Gasteiger partial charge < -0.3 is 4.74 Å². The molecule has 116 valence electrons. The zero-order valence-corrected chi connectivity index (χ0v) is 12.8. The quantitative estimate of drug-likeness (QED) is 0.927. The maximum absolute atomic E-state index is 13.2. The van der Waals surface area contributed by atoms with Crippen molar-refractivity contribution in [3.63, 3.8) is 0 Å². The van der Waals surface area contributed by atoms with Gasteiger partial charge in [-0.15, -0.1) is 0 Å². The van der Waals surface area contributed by atoms with Crippen LogP contribution < -0.4 is 4.72 Å². The van der Waals surface area contributed by atoms with Crippen LogP contribution in [-0.4, -0.2) is 32.4 Å². The Morgan fingerprint density at radius 3 is 2.86 bits per heavy atom. The summed E-state index contributed by atoms with van der Waals surface area (Å²) in [7, 11) is -3.33. The van der Waals surface area contributed by atoms with E-state index in [9.17, 15) is 12.8 Å². The lowest BCUT2D eigenvalue weighted by molar-refractivity contribution is 0.0299. The molecule has 3 rings (SSSR count). The Balaban J connectivity index is 1.62. The highest BCUT2D eigenvalue weighted by Crippen LogP contribution is 2.41. The molecule has 2 aliphatic rings. The Labute approximate surface area is 124 Å². The lowest BCUT2D eigenvalue weighted by atomic mass is 10.1. The molecule has 0 amide bonds. The number of hydrogen-bond acceptors (Lipinski definition) is 3. The lowest BCUT2D eigenvalue weighted by Gasteiger charge is -2.27. The molecule has 1 N–H and O–H groups in total. The second kappa shape index (κ2) is 5.66. The van der Waals surface area contributed by atoms with Gasteiger partial charge in [0.15, 0.2) is 0 Å². The summed E-state index contributed by atoms with van der Waals surface area (Å²) in [5.74, 6) is -0.188. The molecule has 1 aliphatic heterocycles. The van der Waals surface area contributed by atoms with Crippen LogP contribution in [0.1, 0.15) is 37.7 Å². The molecule has 0 aromatic heterocycles. The number of nitrogens with one attached hydrogen (secondary N) is 1. The van der Waals surface area contributed by atoms with Gasteiger partial charge in [-0.3, -0.25) is 0 Å². The third kappa shape index (κ3) is 3.44. The summed E-state index contributed by atoms with van der Waals surface area (Å²) in [4.78, 5) is 0. The summed E-state index contributed by atoms with van der Waals surface area (Å²) >= 11 is 0. The van der Waals surface area contributed by atoms with Gasteiger partial charge in [-0.2, -0.15) is 0 Å². The minimum atomic E-state index is -3.33. The third-order valence-electron chi connectivity index (χ3n) is 4.26. The molecule has 1 saturated heterocycles. The summed E-state index contributed by atoms with van der Waals surface area (Å²) in [5, 5.41) is -0.380. The van der Waals surface area contributed by atoms with Crippen molar-refractivity contribution >= 4 is 10.0 Å². The molecule has 0 radical (unpaired) electrons. The van der Waals surface area contributed by atoms with E-state index in [0.29, 0.717) is 19.4 Å². The number of halogens is 1. The molecule has 1 heterocycles. The van der Waals surface area contributed by atoms with Crippen molar-refractivity contribution in [3.8, 4) is 0 Å². The smallest absolute Gasteiger partial charge is 0.214 e. The number of rotatable bonds is 4. The number of hydrogen-bond donors (Lipinski definition) is 1. The Morgan fingerprint density at radius 2 is 2.14 bits per heavy atom. The van der Waals surface area contributed by atoms with Crippen LogP contribution >= 0.6 is 0 Å². The van der Waals surface area contributed by atoms with Crippen LogP contribution in [-0.2, 0) is 14.8 Å². The Kier molecular flexibility index (Phi) is 4.03. The van der Waals surface area contributed by atoms with Gasteiger partial charge in [0.05, 0.1) is 11.4 Å². The van der Waals surface area contributed by atoms with Gasteiger partial charge in [0.25, 0.3) is 0 Å². The van der Waals surface area contributed by atoms with E-state index < -0.39 is 10.0 Å². The average molecular weight is 313 g/mol. The minimum absolute atomic E-state index is 0.0152. The molecule has 4 nitrogen and oxygen atoms in total. The predicted molar refractivity (Wildman–Crippen MR) is 78.0 cm³/mol. The molecule has 1 aromatic rings. The van der Waals surface area contributed by atoms with Crippen LogP contribution in [0.3, 0.4) is 0 Å². The standard InChI is InChI=1S/C15H20FNO3S/c1-10-7-13(5-6-20-10)21(18,19)17-15-9-14(15)11-3-2-4-12(16)8-11/h2-4,8,10,13-15,17H,5-7,9H2,1H3. The van der Waals surface area contributed by atoms with Crippen LogP contribution in [0.15, 0.2) is 24.3 Å². The topological polar surface area (TPSA) is 55.4 Å². The Morgan fingerprint density at radius 1 is 1.33 bits per heavy atom. The first-order valence-electron chi connectivity index (χ1n) is 7.34. The van der Waals surface area contributed by atoms with Crippen molar-refractivity contribution in [1.82, 2.24) is 4.72 Å². The summed E-state index contributed by atoms with van der Waals surface area (Å²) in [5.41, 5.74) is 0.864. The van der Waals surface area contributed by atoms with Gasteiger partial charge in [0, 0.05) is 18.6 Å². The summed E-state index contributed by atoms with van der Waals surface area (Å²) in [6.07, 6.45) is 1.80. The molecular weight excluding hydrogens is 293 g/mol. The molecule has 0 bridgehead atoms. The monoisotopic (exact) mass is 313 g/mol. The van der Waals surface area contributed by atoms with Gasteiger partial charge in [0.1, 0.15) is 5.82 Å². The van der Waals surface area contributed by atoms with Gasteiger partial charge in [-0.1, -0.05) is 12.1 Å². The van der Waals surface area contributed by atoms with Crippen molar-refractivity contribution in [2.75, 3.05) is 6.61 Å². The van der Waals surface area contributed by atoms with Crippen LogP contribution in [0.5, 0.6) is 0 Å². The van der Waals surface area contributed by atoms with Crippen molar-refractivity contribution in [2.24, 2.45) is 0 Å². The lowest BCUT2D eigenvalue weighted by Crippen LogP contribution is -2.41. The number of ether oxygens (including phenoxy) is 1. The van der Waals surface area contributed by atoms with E-state index in [1.165, 1.54) is 12.1 Å². The highest BCUT2D eigenvalue weighted by atomic mass is 32.2. The first kappa shape index (κ1) is 14.9. The minimum Gasteiger partial charge on any atom is -0.378 e. The normalized spacial score (nSPS) is 32.9. The first-order valence-corrected chi connectivity index (χ1v) is 8.88. The van der Waals surface area contributed by atoms with Gasteiger partial charge in [0.2, 0.25) is 10.0 Å². The first-order chi connectivity index (χ1) is 9.95. The van der Waals surface area contributed by atoms with Gasteiger partial charge >= 0.3 is 0 Å². The van der Waals surface area contributed by atoms with Crippen LogP contribution in [0.4, 0.5) is 4.39 Å². The summed E-state index contributed by atoms with van der Waals surface area (Å²) in [6, 6.07) is 6.28. The summed E-state index contributed by atoms with van der Waals surface area (Å²) in [6.45, 7) is 2.39. The molecule has 4 atom stereocenters. The largest absolute Gasteiger partial charge is 0.378 e. The maximum Gasteiger partial charge on any atom is 0.214 e. The van der Waals surface area contributed by atoms with E-state index in [0.717, 1.165) is 12.0 Å². The van der Waals surface area contributed by atoms with E-state index >= 15 is 0 Å². The predicted octanol–water partition coefficient (Wildman–Crippen LogP) is 2.17. The van der Waals surface area contributed by atoms with E-state index in [1.54, 1.807) is 6.07 Å². The second-order valence-corrected chi connectivity index (χ2v) is 7.99. The molecule has 1 aliphatic carbocycles. The summed E-state index contributed by atoms with van der Waals surface area (Å²) < 4.78 is 46.1. The fraction of sp³-hybridized carbons (Fsp3) is 0.600. The van der Waals surface area contributed by atoms with Crippen LogP contribution in [0, 0.1) is 5.82 Å². The highest BCUT2D eigenvalue weighted by Gasteiger charge is 2.43. The molecule has 1 saturated carbocycles. The number of sulfonamides is 1. The fourth-order valence-electron chi connectivity index (χ4n) is 2.98.